The third-order valence-corrected chi connectivity index (χ3v) is 4.03. The Hall–Kier alpha value is -3.54. The van der Waals surface area contributed by atoms with Crippen molar-refractivity contribution >= 4 is 16.9 Å². The topological polar surface area (TPSA) is 77.4 Å². The molecule has 0 spiro atoms. The van der Waals surface area contributed by atoms with Crippen LogP contribution in [0.5, 0.6) is 5.75 Å². The summed E-state index contributed by atoms with van der Waals surface area (Å²) < 4.78 is 15.8. The summed E-state index contributed by atoms with van der Waals surface area (Å²) in [5.74, 6) is 0.931. The zero-order valence-corrected chi connectivity index (χ0v) is 14.1. The molecule has 0 radical (unpaired) electrons. The van der Waals surface area contributed by atoms with Crippen LogP contribution in [0.1, 0.15) is 16.2 Å². The lowest BCUT2D eigenvalue weighted by atomic mass is 10.1. The first kappa shape index (κ1) is 16.0. The van der Waals surface area contributed by atoms with Crippen molar-refractivity contribution in [1.29, 1.82) is 0 Å². The van der Waals surface area contributed by atoms with Gasteiger partial charge in [0.1, 0.15) is 23.7 Å². The van der Waals surface area contributed by atoms with Crippen LogP contribution in [0, 0.1) is 0 Å². The van der Waals surface area contributed by atoms with E-state index < -0.39 is 5.97 Å². The molecule has 0 aliphatic heterocycles. The van der Waals surface area contributed by atoms with Gasteiger partial charge in [0.15, 0.2) is 5.76 Å². The van der Waals surface area contributed by atoms with Gasteiger partial charge >= 0.3 is 5.97 Å². The number of aromatic amines is 1. The van der Waals surface area contributed by atoms with Crippen molar-refractivity contribution in [2.24, 2.45) is 0 Å². The molecule has 0 unspecified atom stereocenters. The highest BCUT2D eigenvalue weighted by Gasteiger charge is 2.13. The van der Waals surface area contributed by atoms with Crippen molar-refractivity contribution in [3.05, 3.63) is 72.1 Å². The van der Waals surface area contributed by atoms with Crippen molar-refractivity contribution in [3.63, 3.8) is 0 Å². The van der Waals surface area contributed by atoms with Gasteiger partial charge in [0.25, 0.3) is 0 Å². The fourth-order valence-electron chi connectivity index (χ4n) is 2.67. The van der Waals surface area contributed by atoms with E-state index in [0.29, 0.717) is 17.1 Å². The second-order valence-electron chi connectivity index (χ2n) is 5.76. The number of hydrogen-bond acceptors (Lipinski definition) is 5. The fourth-order valence-corrected chi connectivity index (χ4v) is 2.67. The molecule has 2 heterocycles. The molecule has 0 saturated carbocycles. The Balaban J connectivity index is 1.43. The lowest BCUT2D eigenvalue weighted by molar-refractivity contribution is 0.0458. The Morgan fingerprint density at radius 3 is 2.69 bits per heavy atom. The maximum Gasteiger partial charge on any atom is 0.355 e. The summed E-state index contributed by atoms with van der Waals surface area (Å²) in [5, 5.41) is 4.91. The molecular weight excluding hydrogens is 332 g/mol. The first-order valence-corrected chi connectivity index (χ1v) is 8.08. The zero-order chi connectivity index (χ0) is 17.9. The van der Waals surface area contributed by atoms with Gasteiger partial charge in [0.05, 0.1) is 7.11 Å². The number of ether oxygens (including phenoxy) is 2. The van der Waals surface area contributed by atoms with Gasteiger partial charge in [-0.15, -0.1) is 0 Å². The van der Waals surface area contributed by atoms with E-state index in [1.807, 2.05) is 48.5 Å². The summed E-state index contributed by atoms with van der Waals surface area (Å²) in [6.45, 7) is 0.0356. The predicted molar refractivity (Wildman–Crippen MR) is 95.9 cm³/mol. The first-order valence-electron chi connectivity index (χ1n) is 8.08. The van der Waals surface area contributed by atoms with Gasteiger partial charge in [-0.25, -0.2) is 4.79 Å². The Morgan fingerprint density at radius 1 is 1.12 bits per heavy atom. The average molecular weight is 348 g/mol. The van der Waals surface area contributed by atoms with Gasteiger partial charge in [-0.1, -0.05) is 23.4 Å². The number of H-pyrrole nitrogens is 1. The van der Waals surface area contributed by atoms with Crippen LogP contribution >= 0.6 is 0 Å². The van der Waals surface area contributed by atoms with Crippen LogP contribution in [0.2, 0.25) is 0 Å². The molecule has 4 rings (SSSR count). The van der Waals surface area contributed by atoms with E-state index in [4.69, 9.17) is 14.0 Å². The lowest BCUT2D eigenvalue weighted by Crippen LogP contribution is -2.05. The number of carbonyl (C=O) groups is 1. The number of methoxy groups -OCH3 is 1. The fraction of sp³-hybridized carbons (Fsp3) is 0.100. The number of esters is 1. The molecule has 0 aliphatic rings. The van der Waals surface area contributed by atoms with Crippen molar-refractivity contribution in [2.75, 3.05) is 7.11 Å². The van der Waals surface area contributed by atoms with Crippen LogP contribution in [0.3, 0.4) is 0 Å². The number of nitrogens with zero attached hydrogens (tertiary/aromatic N) is 1. The second-order valence-corrected chi connectivity index (χ2v) is 5.76. The quantitative estimate of drug-likeness (QED) is 0.547. The molecule has 0 fully saturated rings. The van der Waals surface area contributed by atoms with Crippen molar-refractivity contribution in [2.45, 2.75) is 6.61 Å². The highest BCUT2D eigenvalue weighted by molar-refractivity contribution is 5.94. The molecular formula is C20H16N2O4. The third-order valence-electron chi connectivity index (χ3n) is 4.03. The maximum absolute atomic E-state index is 12.2. The Labute approximate surface area is 149 Å². The molecule has 0 bridgehead atoms. The highest BCUT2D eigenvalue weighted by Crippen LogP contribution is 2.23. The van der Waals surface area contributed by atoms with E-state index in [2.05, 4.69) is 10.1 Å². The number of fused-ring (bicyclic) bond motifs is 1. The van der Waals surface area contributed by atoms with Crippen LogP contribution < -0.4 is 4.74 Å². The molecule has 0 saturated heterocycles. The summed E-state index contributed by atoms with van der Waals surface area (Å²) >= 11 is 0. The molecule has 130 valence electrons. The molecule has 6 nitrogen and oxygen atoms in total. The summed E-state index contributed by atoms with van der Waals surface area (Å²) in [7, 11) is 1.61. The van der Waals surface area contributed by atoms with Gasteiger partial charge in [0.2, 0.25) is 0 Å². The molecule has 0 aliphatic carbocycles. The van der Waals surface area contributed by atoms with Crippen LogP contribution in [0.4, 0.5) is 0 Å². The van der Waals surface area contributed by atoms with Crippen molar-refractivity contribution in [1.82, 2.24) is 10.1 Å². The molecule has 26 heavy (non-hydrogen) atoms. The monoisotopic (exact) mass is 348 g/mol. The van der Waals surface area contributed by atoms with E-state index in [-0.39, 0.29) is 6.61 Å². The number of carbonyl (C=O) groups excluding carboxylic acids is 1. The Bertz CT molecular complexity index is 1010. The highest BCUT2D eigenvalue weighted by atomic mass is 16.5. The second kappa shape index (κ2) is 6.76. The van der Waals surface area contributed by atoms with Gasteiger partial charge in [-0.2, -0.15) is 0 Å². The molecule has 6 heteroatoms. The number of para-hydroxylation sites is 1. The molecule has 0 atom stereocenters. The third kappa shape index (κ3) is 3.17. The number of rotatable bonds is 5. The standard InChI is InChI=1S/C20H16N2O4/c1-24-16-8-6-13(7-9-16)19-11-15(22-26-19)12-25-20(23)18-10-14-4-2-3-5-17(14)21-18/h2-11,21H,12H2,1H3. The molecule has 1 N–H and O–H groups in total. The minimum Gasteiger partial charge on any atom is -0.497 e. The number of benzene rings is 2. The molecule has 0 amide bonds. The van der Waals surface area contributed by atoms with E-state index >= 15 is 0 Å². The number of aromatic nitrogens is 2. The molecule has 2 aromatic heterocycles. The summed E-state index contributed by atoms with van der Waals surface area (Å²) in [6, 6.07) is 18.6. The molecule has 2 aromatic carbocycles. The van der Waals surface area contributed by atoms with E-state index in [0.717, 1.165) is 22.2 Å². The van der Waals surface area contributed by atoms with E-state index in [9.17, 15) is 4.79 Å². The predicted octanol–water partition coefficient (Wildman–Crippen LogP) is 4.19. The Kier molecular flexibility index (Phi) is 4.15. The largest absolute Gasteiger partial charge is 0.497 e. The number of nitrogens with one attached hydrogen (secondary N) is 1. The van der Waals surface area contributed by atoms with Gasteiger partial charge in [-0.05, 0) is 36.4 Å². The van der Waals surface area contributed by atoms with E-state index in [1.54, 1.807) is 19.2 Å². The summed E-state index contributed by atoms with van der Waals surface area (Å²) in [5.41, 5.74) is 2.71. The van der Waals surface area contributed by atoms with Crippen molar-refractivity contribution < 1.29 is 18.8 Å². The minimum atomic E-state index is -0.435. The first-order chi connectivity index (χ1) is 12.7. The lowest BCUT2D eigenvalue weighted by Gasteiger charge is -2.00. The van der Waals surface area contributed by atoms with E-state index in [1.165, 1.54) is 0 Å². The van der Waals surface area contributed by atoms with Crippen LogP contribution in [-0.4, -0.2) is 23.2 Å². The Morgan fingerprint density at radius 2 is 1.92 bits per heavy atom. The van der Waals surface area contributed by atoms with Gasteiger partial charge in [-0.3, -0.25) is 0 Å². The minimum absolute atomic E-state index is 0.0356. The van der Waals surface area contributed by atoms with Crippen LogP contribution in [0.25, 0.3) is 22.2 Å². The molecule has 4 aromatic rings. The summed E-state index contributed by atoms with van der Waals surface area (Å²) in [6.07, 6.45) is 0. The SMILES string of the molecule is COc1ccc(-c2cc(COC(=O)c3cc4ccccc4[nH]3)no2)cc1. The van der Waals surface area contributed by atoms with Crippen molar-refractivity contribution in [3.8, 4) is 17.1 Å². The van der Waals surface area contributed by atoms with Gasteiger partial charge < -0.3 is 19.0 Å². The zero-order valence-electron chi connectivity index (χ0n) is 14.1. The van der Waals surface area contributed by atoms with Gasteiger partial charge in [0, 0.05) is 22.5 Å². The smallest absolute Gasteiger partial charge is 0.355 e. The summed E-state index contributed by atoms with van der Waals surface area (Å²) in [4.78, 5) is 15.3. The average Bonchev–Trinajstić information content (AvgIpc) is 3.33. The normalized spacial score (nSPS) is 10.8. The number of hydrogen-bond donors (Lipinski definition) is 1. The van der Waals surface area contributed by atoms with Crippen LogP contribution in [0.15, 0.2) is 65.2 Å². The van der Waals surface area contributed by atoms with Crippen LogP contribution in [-0.2, 0) is 11.3 Å². The maximum atomic E-state index is 12.2.